The Morgan fingerprint density at radius 1 is 1.15 bits per heavy atom. The van der Waals surface area contributed by atoms with Crippen LogP contribution in [0, 0.1) is 28.5 Å². The number of anilines is 1. The van der Waals surface area contributed by atoms with Gasteiger partial charge in [0.1, 0.15) is 23.5 Å². The highest BCUT2D eigenvalue weighted by atomic mass is 19.1. The summed E-state index contributed by atoms with van der Waals surface area (Å²) in [6.45, 7) is 0. The number of hydrazone groups is 1. The highest BCUT2D eigenvalue weighted by molar-refractivity contribution is 5.80. The van der Waals surface area contributed by atoms with E-state index in [2.05, 4.69) is 20.5 Å². The summed E-state index contributed by atoms with van der Waals surface area (Å²) in [5, 5.41) is 22.0. The van der Waals surface area contributed by atoms with Gasteiger partial charge in [0.25, 0.3) is 5.56 Å². The van der Waals surface area contributed by atoms with E-state index in [4.69, 9.17) is 5.26 Å². The summed E-state index contributed by atoms with van der Waals surface area (Å²) in [4.78, 5) is 18.8. The SMILES string of the molecule is N#Cc1cc(C=NNc2nc(-c3ccccc3)c(C#N)c(=O)[nH]2)ccc1F. The quantitative estimate of drug-likeness (QED) is 0.549. The van der Waals surface area contributed by atoms with Crippen LogP contribution in [-0.4, -0.2) is 16.2 Å². The lowest BCUT2D eigenvalue weighted by Gasteiger charge is -2.06. The van der Waals surface area contributed by atoms with Crippen molar-refractivity contribution in [3.8, 4) is 23.4 Å². The molecule has 8 heteroatoms. The van der Waals surface area contributed by atoms with Crippen LogP contribution in [0.2, 0.25) is 0 Å². The van der Waals surface area contributed by atoms with E-state index in [1.807, 2.05) is 12.1 Å². The van der Waals surface area contributed by atoms with E-state index in [9.17, 15) is 14.4 Å². The summed E-state index contributed by atoms with van der Waals surface area (Å²) < 4.78 is 13.3. The number of benzene rings is 2. The molecule has 0 unspecified atom stereocenters. The maximum Gasteiger partial charge on any atom is 0.270 e. The number of nitrogens with zero attached hydrogens (tertiary/aromatic N) is 4. The molecule has 0 saturated carbocycles. The van der Waals surface area contributed by atoms with Crippen LogP contribution in [0.1, 0.15) is 16.7 Å². The van der Waals surface area contributed by atoms with E-state index >= 15 is 0 Å². The number of nitriles is 2. The van der Waals surface area contributed by atoms with E-state index in [1.165, 1.54) is 18.3 Å². The lowest BCUT2D eigenvalue weighted by Crippen LogP contribution is -2.16. The Morgan fingerprint density at radius 3 is 2.63 bits per heavy atom. The molecule has 0 saturated heterocycles. The smallest absolute Gasteiger partial charge is 0.270 e. The fraction of sp³-hybridized carbons (Fsp3) is 0. The molecule has 0 aliphatic rings. The highest BCUT2D eigenvalue weighted by Crippen LogP contribution is 2.19. The lowest BCUT2D eigenvalue weighted by molar-refractivity contribution is 0.624. The molecule has 7 nitrogen and oxygen atoms in total. The zero-order valence-corrected chi connectivity index (χ0v) is 13.8. The number of H-pyrrole nitrogens is 1. The molecule has 2 N–H and O–H groups in total. The number of hydrogen-bond donors (Lipinski definition) is 2. The third-order valence-electron chi connectivity index (χ3n) is 3.57. The molecule has 0 fully saturated rings. The van der Waals surface area contributed by atoms with Gasteiger partial charge in [-0.3, -0.25) is 9.78 Å². The van der Waals surface area contributed by atoms with E-state index in [0.717, 1.165) is 6.07 Å². The molecule has 2 aromatic carbocycles. The Balaban J connectivity index is 1.90. The van der Waals surface area contributed by atoms with Crippen molar-refractivity contribution in [1.82, 2.24) is 9.97 Å². The minimum atomic E-state index is -0.617. The topological polar surface area (TPSA) is 118 Å². The monoisotopic (exact) mass is 358 g/mol. The van der Waals surface area contributed by atoms with Crippen molar-refractivity contribution >= 4 is 12.2 Å². The molecule has 0 radical (unpaired) electrons. The molecule has 3 aromatic rings. The van der Waals surface area contributed by atoms with Crippen LogP contribution in [0.3, 0.4) is 0 Å². The summed E-state index contributed by atoms with van der Waals surface area (Å²) in [6.07, 6.45) is 1.35. The first-order chi connectivity index (χ1) is 13.1. The number of aromatic nitrogens is 2. The lowest BCUT2D eigenvalue weighted by atomic mass is 10.1. The van der Waals surface area contributed by atoms with Crippen LogP contribution >= 0.6 is 0 Å². The zero-order chi connectivity index (χ0) is 19.2. The average Bonchev–Trinajstić information content (AvgIpc) is 2.69. The van der Waals surface area contributed by atoms with E-state index < -0.39 is 11.4 Å². The van der Waals surface area contributed by atoms with Gasteiger partial charge in [0.2, 0.25) is 5.95 Å². The van der Waals surface area contributed by atoms with Crippen LogP contribution < -0.4 is 11.0 Å². The molecule has 130 valence electrons. The highest BCUT2D eigenvalue weighted by Gasteiger charge is 2.12. The molecular weight excluding hydrogens is 347 g/mol. The molecule has 3 rings (SSSR count). The number of rotatable bonds is 4. The van der Waals surface area contributed by atoms with Gasteiger partial charge in [-0.15, -0.1) is 0 Å². The zero-order valence-electron chi connectivity index (χ0n) is 13.8. The summed E-state index contributed by atoms with van der Waals surface area (Å²) in [6, 6.07) is 16.4. The van der Waals surface area contributed by atoms with Gasteiger partial charge in [0.15, 0.2) is 0 Å². The van der Waals surface area contributed by atoms with Crippen LogP contribution in [0.15, 0.2) is 58.4 Å². The molecule has 27 heavy (non-hydrogen) atoms. The first kappa shape index (κ1) is 17.5. The van der Waals surface area contributed by atoms with Crippen molar-refractivity contribution in [2.45, 2.75) is 0 Å². The maximum absolute atomic E-state index is 13.3. The molecular formula is C19H11FN6O. The van der Waals surface area contributed by atoms with Gasteiger partial charge >= 0.3 is 0 Å². The average molecular weight is 358 g/mol. The molecule has 1 aromatic heterocycles. The molecule has 1 heterocycles. The van der Waals surface area contributed by atoms with E-state index in [1.54, 1.807) is 30.3 Å². The number of halogens is 1. The fourth-order valence-corrected chi connectivity index (χ4v) is 2.31. The van der Waals surface area contributed by atoms with Crippen molar-refractivity contribution in [1.29, 1.82) is 10.5 Å². The summed E-state index contributed by atoms with van der Waals surface area (Å²) in [7, 11) is 0. The second-order valence-corrected chi connectivity index (χ2v) is 5.34. The third kappa shape index (κ3) is 3.86. The summed E-state index contributed by atoms with van der Waals surface area (Å²) in [5.74, 6) is -0.579. The van der Waals surface area contributed by atoms with E-state index in [0.29, 0.717) is 11.1 Å². The van der Waals surface area contributed by atoms with Gasteiger partial charge in [-0.2, -0.15) is 15.6 Å². The number of hydrogen-bond acceptors (Lipinski definition) is 6. The Hall–Kier alpha value is -4.30. The predicted octanol–water partition coefficient (Wildman–Crippen LogP) is 2.77. The first-order valence-electron chi connectivity index (χ1n) is 7.71. The van der Waals surface area contributed by atoms with Gasteiger partial charge in [0, 0.05) is 5.56 Å². The summed E-state index contributed by atoms with van der Waals surface area (Å²) >= 11 is 0. The van der Waals surface area contributed by atoms with Gasteiger partial charge < -0.3 is 0 Å². The van der Waals surface area contributed by atoms with Gasteiger partial charge in [0.05, 0.1) is 17.5 Å². The van der Waals surface area contributed by atoms with Crippen LogP contribution in [0.25, 0.3) is 11.3 Å². The first-order valence-corrected chi connectivity index (χ1v) is 7.71. The Bertz CT molecular complexity index is 1160. The fourth-order valence-electron chi connectivity index (χ4n) is 2.31. The van der Waals surface area contributed by atoms with Crippen LogP contribution in [-0.2, 0) is 0 Å². The maximum atomic E-state index is 13.3. The molecule has 0 bridgehead atoms. The molecule has 0 spiro atoms. The third-order valence-corrected chi connectivity index (χ3v) is 3.57. The molecule has 0 amide bonds. The second-order valence-electron chi connectivity index (χ2n) is 5.34. The minimum absolute atomic E-state index is 0.0386. The Morgan fingerprint density at radius 2 is 1.93 bits per heavy atom. The predicted molar refractivity (Wildman–Crippen MR) is 97.3 cm³/mol. The Labute approximate surface area is 153 Å². The van der Waals surface area contributed by atoms with Crippen molar-refractivity contribution in [3.63, 3.8) is 0 Å². The van der Waals surface area contributed by atoms with Crippen molar-refractivity contribution in [2.75, 3.05) is 5.43 Å². The van der Waals surface area contributed by atoms with E-state index in [-0.39, 0.29) is 22.8 Å². The standard InChI is InChI=1S/C19H11FN6O/c20-16-7-6-12(8-14(16)9-21)11-23-26-19-24-17(13-4-2-1-3-5-13)15(10-22)18(27)25-19/h1-8,11H,(H2,24,25,26,27). The van der Waals surface area contributed by atoms with Crippen molar-refractivity contribution in [2.24, 2.45) is 5.10 Å². The van der Waals surface area contributed by atoms with Crippen LogP contribution in [0.4, 0.5) is 10.3 Å². The van der Waals surface area contributed by atoms with Crippen molar-refractivity contribution in [3.05, 3.63) is 81.4 Å². The van der Waals surface area contributed by atoms with Crippen LogP contribution in [0.5, 0.6) is 0 Å². The molecule has 0 aliphatic carbocycles. The van der Waals surface area contributed by atoms with Crippen molar-refractivity contribution < 1.29 is 4.39 Å². The number of aromatic amines is 1. The molecule has 0 atom stereocenters. The minimum Gasteiger partial charge on any atom is -0.290 e. The van der Waals surface area contributed by atoms with Gasteiger partial charge in [-0.25, -0.2) is 14.8 Å². The second kappa shape index (κ2) is 7.72. The summed E-state index contributed by atoms with van der Waals surface area (Å²) in [5.41, 5.74) is 3.09. The van der Waals surface area contributed by atoms with Gasteiger partial charge in [-0.05, 0) is 17.7 Å². The number of nitrogens with one attached hydrogen (secondary N) is 2. The normalized spacial score (nSPS) is 10.3. The largest absolute Gasteiger partial charge is 0.290 e. The Kier molecular flexibility index (Phi) is 5.01. The van der Waals surface area contributed by atoms with Gasteiger partial charge in [-0.1, -0.05) is 36.4 Å². The molecule has 0 aliphatic heterocycles.